The number of likely N-dealkylation sites (tertiary alicyclic amines) is 1. The molecule has 8 heteroatoms. The Balaban J connectivity index is 1.89. The molecule has 0 unspecified atom stereocenters. The van der Waals surface area contributed by atoms with Crippen LogP contribution >= 0.6 is 0 Å². The van der Waals surface area contributed by atoms with Crippen LogP contribution in [0.3, 0.4) is 0 Å². The standard InChI is InChI=1S/C14H20F2N2O3S/c15-13-5-4-12(8-14(13)16)22(20,21)17-9-11(19)10-18-6-2-1-3-7-18/h4-5,8,11,17,19H,1-3,6-7,9-10H2/t11-/m1/s1. The molecule has 22 heavy (non-hydrogen) atoms. The molecule has 0 aromatic heterocycles. The largest absolute Gasteiger partial charge is 0.390 e. The van der Waals surface area contributed by atoms with E-state index in [-0.39, 0.29) is 11.4 Å². The van der Waals surface area contributed by atoms with Gasteiger partial charge in [-0.2, -0.15) is 0 Å². The zero-order valence-electron chi connectivity index (χ0n) is 12.1. The van der Waals surface area contributed by atoms with Crippen LogP contribution < -0.4 is 4.72 Å². The summed E-state index contributed by atoms with van der Waals surface area (Å²) in [6.45, 7) is 2.01. The van der Waals surface area contributed by atoms with Gasteiger partial charge in [0.2, 0.25) is 10.0 Å². The van der Waals surface area contributed by atoms with E-state index in [9.17, 15) is 22.3 Å². The van der Waals surface area contributed by atoms with Crippen molar-refractivity contribution in [3.63, 3.8) is 0 Å². The quantitative estimate of drug-likeness (QED) is 0.817. The van der Waals surface area contributed by atoms with Crippen LogP contribution in [0.2, 0.25) is 0 Å². The van der Waals surface area contributed by atoms with E-state index in [2.05, 4.69) is 9.62 Å². The molecule has 0 radical (unpaired) electrons. The molecule has 1 aromatic carbocycles. The number of sulfonamides is 1. The Morgan fingerprint density at radius 1 is 1.18 bits per heavy atom. The second-order valence-corrected chi connectivity index (χ2v) is 7.21. The third-order valence-corrected chi connectivity index (χ3v) is 5.05. The highest BCUT2D eigenvalue weighted by atomic mass is 32.2. The fraction of sp³-hybridized carbons (Fsp3) is 0.571. The molecule has 1 heterocycles. The lowest BCUT2D eigenvalue weighted by Crippen LogP contribution is -2.42. The van der Waals surface area contributed by atoms with Crippen molar-refractivity contribution in [2.75, 3.05) is 26.2 Å². The number of hydrogen-bond acceptors (Lipinski definition) is 4. The fourth-order valence-electron chi connectivity index (χ4n) is 2.44. The van der Waals surface area contributed by atoms with E-state index in [4.69, 9.17) is 0 Å². The topological polar surface area (TPSA) is 69.6 Å². The van der Waals surface area contributed by atoms with Gasteiger partial charge < -0.3 is 10.0 Å². The molecule has 0 aliphatic carbocycles. The first kappa shape index (κ1) is 17.3. The lowest BCUT2D eigenvalue weighted by Gasteiger charge is -2.28. The second-order valence-electron chi connectivity index (χ2n) is 5.44. The lowest BCUT2D eigenvalue weighted by molar-refractivity contribution is 0.104. The van der Waals surface area contributed by atoms with E-state index in [1.165, 1.54) is 6.42 Å². The number of benzene rings is 1. The minimum Gasteiger partial charge on any atom is -0.390 e. The molecular formula is C14H20F2N2O3S. The predicted octanol–water partition coefficient (Wildman–Crippen LogP) is 1.09. The van der Waals surface area contributed by atoms with Crippen molar-refractivity contribution < 1.29 is 22.3 Å². The number of halogens is 2. The Labute approximate surface area is 129 Å². The smallest absolute Gasteiger partial charge is 0.240 e. The van der Waals surface area contributed by atoms with Crippen molar-refractivity contribution >= 4 is 10.0 Å². The molecule has 0 saturated carbocycles. The number of nitrogens with zero attached hydrogens (tertiary/aromatic N) is 1. The van der Waals surface area contributed by atoms with E-state index in [1.807, 2.05) is 0 Å². The normalized spacial score (nSPS) is 18.3. The Hall–Kier alpha value is -1.09. The summed E-state index contributed by atoms with van der Waals surface area (Å²) in [5.74, 6) is -2.33. The SMILES string of the molecule is O=S(=O)(NC[C@@H](O)CN1CCCCC1)c1ccc(F)c(F)c1. The van der Waals surface area contributed by atoms with E-state index in [0.717, 1.165) is 38.1 Å². The summed E-state index contributed by atoms with van der Waals surface area (Å²) in [5, 5.41) is 9.91. The fourth-order valence-corrected chi connectivity index (χ4v) is 3.52. The van der Waals surface area contributed by atoms with Crippen LogP contribution in [0, 0.1) is 11.6 Å². The lowest BCUT2D eigenvalue weighted by atomic mass is 10.1. The molecule has 0 spiro atoms. The van der Waals surface area contributed by atoms with Gasteiger partial charge in [-0.1, -0.05) is 6.42 Å². The molecule has 2 rings (SSSR count). The van der Waals surface area contributed by atoms with Gasteiger partial charge in [-0.3, -0.25) is 0 Å². The summed E-state index contributed by atoms with van der Waals surface area (Å²) >= 11 is 0. The van der Waals surface area contributed by atoms with Gasteiger partial charge in [-0.05, 0) is 44.1 Å². The minimum absolute atomic E-state index is 0.169. The van der Waals surface area contributed by atoms with Crippen molar-refractivity contribution in [2.45, 2.75) is 30.3 Å². The highest BCUT2D eigenvalue weighted by Gasteiger charge is 2.19. The molecular weight excluding hydrogens is 314 g/mol. The van der Waals surface area contributed by atoms with E-state index in [1.54, 1.807) is 0 Å². The molecule has 1 saturated heterocycles. The Morgan fingerprint density at radius 2 is 1.86 bits per heavy atom. The van der Waals surface area contributed by atoms with Crippen LogP contribution in [0.1, 0.15) is 19.3 Å². The van der Waals surface area contributed by atoms with Gasteiger partial charge in [0.25, 0.3) is 0 Å². The Morgan fingerprint density at radius 3 is 2.50 bits per heavy atom. The summed E-state index contributed by atoms with van der Waals surface area (Å²) in [5.41, 5.74) is 0. The van der Waals surface area contributed by atoms with E-state index < -0.39 is 27.8 Å². The van der Waals surface area contributed by atoms with Crippen LogP contribution in [0.15, 0.2) is 23.1 Å². The van der Waals surface area contributed by atoms with Gasteiger partial charge in [0, 0.05) is 13.1 Å². The van der Waals surface area contributed by atoms with Gasteiger partial charge in [-0.25, -0.2) is 21.9 Å². The number of rotatable bonds is 6. The van der Waals surface area contributed by atoms with E-state index in [0.29, 0.717) is 12.6 Å². The van der Waals surface area contributed by atoms with Gasteiger partial charge >= 0.3 is 0 Å². The molecule has 5 nitrogen and oxygen atoms in total. The van der Waals surface area contributed by atoms with Crippen molar-refractivity contribution in [3.8, 4) is 0 Å². The molecule has 1 aliphatic heterocycles. The maximum Gasteiger partial charge on any atom is 0.240 e. The molecule has 1 fully saturated rings. The molecule has 1 atom stereocenters. The minimum atomic E-state index is -3.97. The van der Waals surface area contributed by atoms with Crippen molar-refractivity contribution in [2.24, 2.45) is 0 Å². The van der Waals surface area contributed by atoms with Crippen LogP contribution in [0.4, 0.5) is 8.78 Å². The number of nitrogens with one attached hydrogen (secondary N) is 1. The highest BCUT2D eigenvalue weighted by Crippen LogP contribution is 2.14. The number of aliphatic hydroxyl groups excluding tert-OH is 1. The summed E-state index contributed by atoms with van der Waals surface area (Å²) < 4.78 is 52.1. The average Bonchev–Trinajstić information content (AvgIpc) is 2.49. The predicted molar refractivity (Wildman–Crippen MR) is 77.8 cm³/mol. The first-order valence-corrected chi connectivity index (χ1v) is 8.72. The maximum atomic E-state index is 13.1. The summed E-state index contributed by atoms with van der Waals surface area (Å²) in [4.78, 5) is 1.72. The molecule has 1 aromatic rings. The summed E-state index contributed by atoms with van der Waals surface area (Å²) in [6.07, 6.45) is 2.48. The first-order chi connectivity index (χ1) is 10.4. The Kier molecular flexibility index (Phi) is 5.85. The Bertz CT molecular complexity index is 604. The maximum absolute atomic E-state index is 13.1. The molecule has 0 amide bonds. The highest BCUT2D eigenvalue weighted by molar-refractivity contribution is 7.89. The molecule has 124 valence electrons. The van der Waals surface area contributed by atoms with Crippen LogP contribution in [-0.4, -0.2) is 50.7 Å². The van der Waals surface area contributed by atoms with Gasteiger partial charge in [0.05, 0.1) is 11.0 Å². The third-order valence-electron chi connectivity index (χ3n) is 3.63. The van der Waals surface area contributed by atoms with E-state index >= 15 is 0 Å². The summed E-state index contributed by atoms with van der Waals surface area (Å²) in [6, 6.07) is 2.36. The third kappa shape index (κ3) is 4.70. The van der Waals surface area contributed by atoms with Crippen molar-refractivity contribution in [1.82, 2.24) is 9.62 Å². The molecule has 0 bridgehead atoms. The number of aliphatic hydroxyl groups is 1. The second kappa shape index (κ2) is 7.45. The number of hydrogen-bond donors (Lipinski definition) is 2. The summed E-state index contributed by atoms with van der Waals surface area (Å²) in [7, 11) is -3.97. The average molecular weight is 334 g/mol. The first-order valence-electron chi connectivity index (χ1n) is 7.23. The van der Waals surface area contributed by atoms with Gasteiger partial charge in [0.1, 0.15) is 0 Å². The molecule has 2 N–H and O–H groups in total. The molecule has 1 aliphatic rings. The van der Waals surface area contributed by atoms with Crippen LogP contribution in [0.5, 0.6) is 0 Å². The monoisotopic (exact) mass is 334 g/mol. The van der Waals surface area contributed by atoms with Crippen LogP contribution in [0.25, 0.3) is 0 Å². The van der Waals surface area contributed by atoms with Crippen molar-refractivity contribution in [1.29, 1.82) is 0 Å². The number of β-amino-alcohol motifs (C(OH)–C–C–N with tert-alkyl or cyclic N) is 1. The van der Waals surface area contributed by atoms with Gasteiger partial charge in [-0.15, -0.1) is 0 Å². The van der Waals surface area contributed by atoms with Gasteiger partial charge in [0.15, 0.2) is 11.6 Å². The zero-order valence-corrected chi connectivity index (χ0v) is 13.0. The zero-order chi connectivity index (χ0) is 16.2. The van der Waals surface area contributed by atoms with Crippen LogP contribution in [-0.2, 0) is 10.0 Å². The number of piperidine rings is 1. The van der Waals surface area contributed by atoms with Crippen molar-refractivity contribution in [3.05, 3.63) is 29.8 Å².